The second-order valence-electron chi connectivity index (χ2n) is 8.41. The number of hydrogen-bond acceptors (Lipinski definition) is 8. The summed E-state index contributed by atoms with van der Waals surface area (Å²) in [6, 6.07) is 12.9. The number of nitrogens with zero attached hydrogens (tertiary/aromatic N) is 4. The zero-order valence-corrected chi connectivity index (χ0v) is 20.1. The summed E-state index contributed by atoms with van der Waals surface area (Å²) in [4.78, 5) is 40.6. The van der Waals surface area contributed by atoms with Gasteiger partial charge in [0.15, 0.2) is 23.9 Å². The van der Waals surface area contributed by atoms with Crippen LogP contribution in [0, 0.1) is 5.82 Å². The number of rotatable bonds is 9. The molecule has 37 heavy (non-hydrogen) atoms. The average molecular weight is 502 g/mol. The van der Waals surface area contributed by atoms with E-state index in [1.54, 1.807) is 36.5 Å². The van der Waals surface area contributed by atoms with Crippen LogP contribution in [0.3, 0.4) is 0 Å². The molecule has 188 valence electrons. The molecule has 1 N–H and O–H groups in total. The maximum Gasteiger partial charge on any atom is 0.258 e. The fourth-order valence-corrected chi connectivity index (χ4v) is 4.18. The zero-order chi connectivity index (χ0) is 25.8. The van der Waals surface area contributed by atoms with E-state index in [-0.39, 0.29) is 37.1 Å². The minimum atomic E-state index is -0.346. The molecular formula is C27H24FN5O4. The summed E-state index contributed by atoms with van der Waals surface area (Å²) in [5.74, 6) is 1.19. The lowest BCUT2D eigenvalue weighted by molar-refractivity contribution is -0.123. The maximum atomic E-state index is 13.1. The Labute approximate surface area is 212 Å². The standard InChI is InChI=1S/C27H24FN5O4/c1-36-26-22(37-16-24(35)31-14-17-4-6-19(28)7-5-17)9-8-20-25(26)32-23(33-12-11-30-27(20)33)13-21(34)18-3-2-10-29-15-18/h2-10,15H,11-14,16H2,1H3,(H,31,35). The molecule has 9 nitrogen and oxygen atoms in total. The number of ketones is 1. The lowest BCUT2D eigenvalue weighted by atomic mass is 10.0. The molecule has 0 bridgehead atoms. The number of ether oxygens (including phenoxy) is 2. The average Bonchev–Trinajstić information content (AvgIpc) is 3.42. The van der Waals surface area contributed by atoms with Crippen LogP contribution in [-0.2, 0) is 11.3 Å². The first-order valence-corrected chi connectivity index (χ1v) is 11.7. The van der Waals surface area contributed by atoms with E-state index in [1.165, 1.54) is 25.4 Å². The number of carbonyl (C=O) groups excluding carboxylic acids is 2. The fraction of sp³-hybridized carbons (Fsp3) is 0.222. The Kier molecular flexibility index (Phi) is 6.89. The van der Waals surface area contributed by atoms with Crippen LogP contribution in [0.2, 0.25) is 0 Å². The molecule has 3 aromatic rings. The van der Waals surface area contributed by atoms with Crippen LogP contribution in [0.25, 0.3) is 0 Å². The summed E-state index contributed by atoms with van der Waals surface area (Å²) in [6.07, 6.45) is 3.22. The van der Waals surface area contributed by atoms with Gasteiger partial charge >= 0.3 is 0 Å². The molecule has 2 aliphatic rings. The maximum absolute atomic E-state index is 13.1. The molecule has 0 saturated carbocycles. The lowest BCUT2D eigenvalue weighted by Crippen LogP contribution is -2.38. The Bertz CT molecular complexity index is 1390. The molecule has 2 aliphatic heterocycles. The van der Waals surface area contributed by atoms with Crippen molar-refractivity contribution in [3.05, 3.63) is 83.4 Å². The predicted molar refractivity (Wildman–Crippen MR) is 135 cm³/mol. The van der Waals surface area contributed by atoms with Crippen molar-refractivity contribution >= 4 is 29.0 Å². The molecule has 0 fully saturated rings. The Hall–Kier alpha value is -4.60. The number of methoxy groups -OCH3 is 1. The van der Waals surface area contributed by atoms with Gasteiger partial charge in [0.1, 0.15) is 23.2 Å². The topological polar surface area (TPSA) is 105 Å². The molecule has 0 atom stereocenters. The van der Waals surface area contributed by atoms with E-state index in [2.05, 4.69) is 15.3 Å². The van der Waals surface area contributed by atoms with Crippen LogP contribution in [0.15, 0.2) is 70.9 Å². The number of nitrogens with one attached hydrogen (secondary N) is 1. The monoisotopic (exact) mass is 501 g/mol. The van der Waals surface area contributed by atoms with E-state index in [0.29, 0.717) is 41.7 Å². The first kappa shape index (κ1) is 24.1. The van der Waals surface area contributed by atoms with Crippen LogP contribution in [-0.4, -0.2) is 60.1 Å². The number of amides is 1. The molecule has 5 rings (SSSR count). The number of pyridine rings is 1. The summed E-state index contributed by atoms with van der Waals surface area (Å²) in [7, 11) is 1.50. The molecule has 10 heteroatoms. The second-order valence-corrected chi connectivity index (χ2v) is 8.41. The van der Waals surface area contributed by atoms with E-state index >= 15 is 0 Å². The van der Waals surface area contributed by atoms with Crippen molar-refractivity contribution in [2.75, 3.05) is 26.8 Å². The number of aliphatic imine (C=N–C) groups is 2. The minimum Gasteiger partial charge on any atom is -0.491 e. The van der Waals surface area contributed by atoms with E-state index in [9.17, 15) is 14.0 Å². The highest BCUT2D eigenvalue weighted by Crippen LogP contribution is 2.43. The molecule has 1 aromatic heterocycles. The van der Waals surface area contributed by atoms with Crippen molar-refractivity contribution in [1.82, 2.24) is 15.2 Å². The summed E-state index contributed by atoms with van der Waals surface area (Å²) in [5, 5.41) is 2.74. The first-order valence-electron chi connectivity index (χ1n) is 11.7. The Morgan fingerprint density at radius 3 is 2.73 bits per heavy atom. The molecular weight excluding hydrogens is 477 g/mol. The fourth-order valence-electron chi connectivity index (χ4n) is 4.18. The smallest absolute Gasteiger partial charge is 0.258 e. The number of fused-ring (bicyclic) bond motifs is 3. The second kappa shape index (κ2) is 10.6. The van der Waals surface area contributed by atoms with Gasteiger partial charge in [0.25, 0.3) is 5.91 Å². The van der Waals surface area contributed by atoms with Crippen LogP contribution in [0.1, 0.15) is 27.9 Å². The molecule has 0 radical (unpaired) electrons. The molecule has 0 saturated heterocycles. The van der Waals surface area contributed by atoms with Gasteiger partial charge in [-0.3, -0.25) is 19.6 Å². The summed E-state index contributed by atoms with van der Waals surface area (Å²) in [6.45, 7) is 1.21. The number of hydrogen-bond donors (Lipinski definition) is 1. The van der Waals surface area contributed by atoms with Gasteiger partial charge < -0.3 is 19.7 Å². The highest BCUT2D eigenvalue weighted by atomic mass is 19.1. The lowest BCUT2D eigenvalue weighted by Gasteiger charge is -2.28. The van der Waals surface area contributed by atoms with Gasteiger partial charge in [0.05, 0.1) is 20.1 Å². The van der Waals surface area contributed by atoms with Crippen LogP contribution < -0.4 is 14.8 Å². The van der Waals surface area contributed by atoms with Gasteiger partial charge in [-0.15, -0.1) is 0 Å². The SMILES string of the molecule is COc1c(OCC(=O)NCc2ccc(F)cc2)ccc2c1N=C(CC(=O)c1cccnc1)N1CCN=C21. The quantitative estimate of drug-likeness (QED) is 0.451. The van der Waals surface area contributed by atoms with Crippen molar-refractivity contribution in [2.24, 2.45) is 9.98 Å². The van der Waals surface area contributed by atoms with Gasteiger partial charge in [-0.1, -0.05) is 12.1 Å². The van der Waals surface area contributed by atoms with Crippen LogP contribution >= 0.6 is 0 Å². The van der Waals surface area contributed by atoms with Gasteiger partial charge in [-0.2, -0.15) is 0 Å². The molecule has 0 unspecified atom stereocenters. The number of Topliss-reactive ketones (excluding diaryl/α,β-unsaturated/α-hetero) is 1. The van der Waals surface area contributed by atoms with Crippen molar-refractivity contribution in [2.45, 2.75) is 13.0 Å². The predicted octanol–water partition coefficient (Wildman–Crippen LogP) is 3.30. The largest absolute Gasteiger partial charge is 0.491 e. The Morgan fingerprint density at radius 1 is 1.14 bits per heavy atom. The van der Waals surface area contributed by atoms with Crippen molar-refractivity contribution in [1.29, 1.82) is 0 Å². The van der Waals surface area contributed by atoms with E-state index < -0.39 is 0 Å². The third-order valence-electron chi connectivity index (χ3n) is 6.00. The van der Waals surface area contributed by atoms with Gasteiger partial charge in [-0.05, 0) is 42.0 Å². The number of halogens is 1. The Morgan fingerprint density at radius 2 is 1.97 bits per heavy atom. The van der Waals surface area contributed by atoms with Crippen molar-refractivity contribution in [3.63, 3.8) is 0 Å². The van der Waals surface area contributed by atoms with Crippen LogP contribution in [0.5, 0.6) is 11.5 Å². The van der Waals surface area contributed by atoms with E-state index in [1.807, 2.05) is 11.0 Å². The molecule has 0 aliphatic carbocycles. The van der Waals surface area contributed by atoms with E-state index in [0.717, 1.165) is 17.0 Å². The molecule has 1 amide bonds. The summed E-state index contributed by atoms with van der Waals surface area (Å²) < 4.78 is 24.5. The molecule has 3 heterocycles. The highest BCUT2D eigenvalue weighted by Gasteiger charge is 2.33. The summed E-state index contributed by atoms with van der Waals surface area (Å²) >= 11 is 0. The van der Waals surface area contributed by atoms with E-state index in [4.69, 9.17) is 14.5 Å². The molecule has 0 spiro atoms. The third kappa shape index (κ3) is 5.18. The van der Waals surface area contributed by atoms with Crippen LogP contribution in [0.4, 0.5) is 10.1 Å². The summed E-state index contributed by atoms with van der Waals surface area (Å²) in [5.41, 5.74) is 2.53. The molecule has 2 aromatic carbocycles. The number of benzene rings is 2. The minimum absolute atomic E-state index is 0.0736. The normalized spacial score (nSPS) is 13.7. The van der Waals surface area contributed by atoms with Crippen molar-refractivity contribution < 1.29 is 23.5 Å². The number of aromatic nitrogens is 1. The number of carbonyl (C=O) groups is 2. The van der Waals surface area contributed by atoms with Gasteiger partial charge in [-0.25, -0.2) is 9.38 Å². The highest BCUT2D eigenvalue weighted by molar-refractivity contribution is 6.21. The number of amidine groups is 2. The zero-order valence-electron chi connectivity index (χ0n) is 20.1. The van der Waals surface area contributed by atoms with Crippen molar-refractivity contribution in [3.8, 4) is 11.5 Å². The third-order valence-corrected chi connectivity index (χ3v) is 6.00. The van der Waals surface area contributed by atoms with Gasteiger partial charge in [0.2, 0.25) is 0 Å². The van der Waals surface area contributed by atoms with Gasteiger partial charge in [0, 0.05) is 36.6 Å². The first-order chi connectivity index (χ1) is 18.0. The Balaban J connectivity index is 1.34.